The van der Waals surface area contributed by atoms with Crippen LogP contribution in [-0.2, 0) is 5.54 Å². The molecule has 0 radical (unpaired) electrons. The topological polar surface area (TPSA) is 123 Å². The first-order valence-electron chi connectivity index (χ1n) is 10.5. The molecule has 0 atom stereocenters. The molecule has 1 amide bonds. The summed E-state index contributed by atoms with van der Waals surface area (Å²) in [5.74, 6) is -0.755. The van der Waals surface area contributed by atoms with Gasteiger partial charge in [-0.2, -0.15) is 0 Å². The summed E-state index contributed by atoms with van der Waals surface area (Å²) in [7, 11) is 0. The van der Waals surface area contributed by atoms with Gasteiger partial charge >= 0.3 is 0 Å². The molecule has 174 valence electrons. The van der Waals surface area contributed by atoms with E-state index in [-0.39, 0.29) is 5.56 Å². The lowest BCUT2D eigenvalue weighted by Gasteiger charge is -2.16. The van der Waals surface area contributed by atoms with Gasteiger partial charge in [-0.25, -0.2) is 14.4 Å². The Morgan fingerprint density at radius 3 is 2.70 bits per heavy atom. The van der Waals surface area contributed by atoms with E-state index in [0.717, 1.165) is 30.6 Å². The highest BCUT2D eigenvalue weighted by molar-refractivity contribution is 7.94. The van der Waals surface area contributed by atoms with Crippen LogP contribution in [0.3, 0.4) is 0 Å². The Bertz CT molecular complexity index is 1130. The second-order valence-corrected chi connectivity index (χ2v) is 9.55. The van der Waals surface area contributed by atoms with Crippen LogP contribution in [0.1, 0.15) is 48.7 Å². The lowest BCUT2D eigenvalue weighted by atomic mass is 10.1. The molecule has 2 aliphatic rings. The van der Waals surface area contributed by atoms with Gasteiger partial charge < -0.3 is 20.3 Å². The van der Waals surface area contributed by atoms with Gasteiger partial charge in [0.2, 0.25) is 5.88 Å². The van der Waals surface area contributed by atoms with Gasteiger partial charge in [0.1, 0.15) is 5.82 Å². The number of hydrogen-bond donors (Lipinski definition) is 3. The highest BCUT2D eigenvalue weighted by atomic mass is 32.2. The lowest BCUT2D eigenvalue weighted by molar-refractivity contribution is 0.0926. The molecule has 5 rings (SSSR count). The normalized spacial score (nSPS) is 15.8. The first-order chi connectivity index (χ1) is 15.9. The molecule has 11 heteroatoms. The number of amides is 1. The molecular formula is C22H24FN5O3S2. The van der Waals surface area contributed by atoms with Gasteiger partial charge in [0.05, 0.1) is 41.5 Å². The van der Waals surface area contributed by atoms with Gasteiger partial charge in [0, 0.05) is 16.2 Å². The van der Waals surface area contributed by atoms with E-state index in [2.05, 4.69) is 20.3 Å². The third-order valence-corrected chi connectivity index (χ3v) is 6.65. The number of ether oxygens (including phenoxy) is 1. The summed E-state index contributed by atoms with van der Waals surface area (Å²) in [6, 6.07) is 4.35. The lowest BCUT2D eigenvalue weighted by Crippen LogP contribution is -2.35. The monoisotopic (exact) mass is 489 g/mol. The van der Waals surface area contributed by atoms with Crippen LogP contribution in [-0.4, -0.2) is 37.3 Å². The maximum absolute atomic E-state index is 14.7. The van der Waals surface area contributed by atoms with Gasteiger partial charge in [-0.3, -0.25) is 9.78 Å². The summed E-state index contributed by atoms with van der Waals surface area (Å²) >= 11 is 2.31. The number of nitrogens with two attached hydrogens (primary N) is 1. The minimum Gasteiger partial charge on any atom is -0.477 e. The van der Waals surface area contributed by atoms with E-state index in [0.29, 0.717) is 34.1 Å². The summed E-state index contributed by atoms with van der Waals surface area (Å²) in [6.07, 6.45) is 6.96. The minimum absolute atomic E-state index is 0.0350. The summed E-state index contributed by atoms with van der Waals surface area (Å²) < 4.78 is 28.1. The van der Waals surface area contributed by atoms with Crippen LogP contribution in [0.25, 0.3) is 11.3 Å². The van der Waals surface area contributed by atoms with Crippen molar-refractivity contribution < 1.29 is 18.5 Å². The number of rotatable bonds is 7. The molecule has 3 aromatic rings. The second-order valence-electron chi connectivity index (χ2n) is 7.78. The van der Waals surface area contributed by atoms with Crippen molar-refractivity contribution in [2.24, 2.45) is 0 Å². The largest absolute Gasteiger partial charge is 0.477 e. The first kappa shape index (κ1) is 23.4. The smallest absolute Gasteiger partial charge is 0.255 e. The fourth-order valence-electron chi connectivity index (χ4n) is 3.10. The van der Waals surface area contributed by atoms with Gasteiger partial charge in [-0.15, -0.1) is 11.3 Å². The maximum Gasteiger partial charge on any atom is 0.255 e. The first-order valence-corrected chi connectivity index (χ1v) is 12.2. The number of benzene rings is 1. The molecule has 0 saturated heterocycles. The number of carbonyl (C=O) groups excluding carboxylic acids is 1. The molecule has 0 bridgehead atoms. The molecule has 2 aliphatic carbocycles. The van der Waals surface area contributed by atoms with Crippen LogP contribution >= 0.6 is 23.4 Å². The van der Waals surface area contributed by atoms with Crippen molar-refractivity contribution in [2.45, 2.75) is 43.4 Å². The molecule has 1 aromatic carbocycles. The number of hydrogen-bond acceptors (Lipinski definition) is 9. The van der Waals surface area contributed by atoms with Crippen molar-refractivity contribution in [2.75, 3.05) is 12.3 Å². The Labute approximate surface area is 199 Å². The Morgan fingerprint density at radius 2 is 2.15 bits per heavy atom. The van der Waals surface area contributed by atoms with Crippen molar-refractivity contribution in [1.82, 2.24) is 20.3 Å². The van der Waals surface area contributed by atoms with E-state index in [1.165, 1.54) is 48.7 Å². The van der Waals surface area contributed by atoms with Crippen LogP contribution in [0, 0.1) is 5.82 Å². The van der Waals surface area contributed by atoms with E-state index in [1.807, 2.05) is 12.3 Å². The predicted molar refractivity (Wildman–Crippen MR) is 127 cm³/mol. The third kappa shape index (κ3) is 5.79. The van der Waals surface area contributed by atoms with Crippen molar-refractivity contribution in [1.29, 1.82) is 0 Å². The number of anilines is 1. The Balaban J connectivity index is 0.000000459. The van der Waals surface area contributed by atoms with Crippen molar-refractivity contribution in [3.05, 3.63) is 53.0 Å². The molecule has 2 aromatic heterocycles. The molecule has 4 N–H and O–H groups in total. The predicted octanol–water partition coefficient (Wildman–Crippen LogP) is 4.49. The summed E-state index contributed by atoms with van der Waals surface area (Å²) in [6.45, 7) is 2.30. The van der Waals surface area contributed by atoms with Crippen molar-refractivity contribution >= 4 is 34.4 Å². The van der Waals surface area contributed by atoms with Crippen molar-refractivity contribution in [3.63, 3.8) is 0 Å². The SMILES string of the molecule is CCOc1cncc(-c2ccc(C(=O)NC3(c4csc(N)n4)CC3)c(F)c2)n1.OSC1CC1. The summed E-state index contributed by atoms with van der Waals surface area (Å²) in [5.41, 5.74) is 6.80. The van der Waals surface area contributed by atoms with Crippen LogP contribution < -0.4 is 15.8 Å². The molecule has 0 spiro atoms. The van der Waals surface area contributed by atoms with Crippen LogP contribution in [0.5, 0.6) is 5.88 Å². The number of thiazole rings is 1. The number of carbonyl (C=O) groups is 1. The number of aromatic nitrogens is 3. The Hall–Kier alpha value is -2.76. The van der Waals surface area contributed by atoms with E-state index in [4.69, 9.17) is 15.0 Å². The zero-order chi connectivity index (χ0) is 23.4. The minimum atomic E-state index is -0.632. The quantitative estimate of drug-likeness (QED) is 0.415. The molecule has 0 unspecified atom stereocenters. The number of nitrogens with zero attached hydrogens (tertiary/aromatic N) is 3. The number of nitrogen functional groups attached to an aromatic ring is 1. The fraction of sp³-hybridized carbons (Fsp3) is 0.364. The van der Waals surface area contributed by atoms with E-state index in [1.54, 1.807) is 6.07 Å². The highest BCUT2D eigenvalue weighted by Gasteiger charge is 2.48. The molecule has 2 heterocycles. The summed E-state index contributed by atoms with van der Waals surface area (Å²) in [5, 5.41) is 5.78. The molecule has 2 fully saturated rings. The zero-order valence-electron chi connectivity index (χ0n) is 18.0. The Morgan fingerprint density at radius 1 is 1.36 bits per heavy atom. The van der Waals surface area contributed by atoms with Crippen LogP contribution in [0.4, 0.5) is 9.52 Å². The maximum atomic E-state index is 14.7. The van der Waals surface area contributed by atoms with E-state index in [9.17, 15) is 9.18 Å². The molecule has 0 aliphatic heterocycles. The second kappa shape index (κ2) is 10.0. The Kier molecular flexibility index (Phi) is 7.11. The molecule has 8 nitrogen and oxygen atoms in total. The van der Waals surface area contributed by atoms with Gasteiger partial charge in [0.15, 0.2) is 5.13 Å². The van der Waals surface area contributed by atoms with Crippen molar-refractivity contribution in [3.8, 4) is 17.1 Å². The number of halogens is 1. The van der Waals surface area contributed by atoms with Crippen LogP contribution in [0.2, 0.25) is 0 Å². The molecule has 2 saturated carbocycles. The summed E-state index contributed by atoms with van der Waals surface area (Å²) in [4.78, 5) is 25.2. The zero-order valence-corrected chi connectivity index (χ0v) is 19.6. The average molecular weight is 490 g/mol. The standard InChI is InChI=1S/C19H18FN5O2S.C3H6OS/c1-2-27-16-9-22-8-14(23-16)11-3-4-12(13(20)7-11)17(26)25-19(5-6-19)15-10-28-18(21)24-15;4-5-3-1-2-3/h3-4,7-10H,2,5-6H2,1H3,(H2,21,24)(H,25,26);3-4H,1-2H2. The fourth-order valence-corrected chi connectivity index (χ4v) is 4.11. The molecular weight excluding hydrogens is 465 g/mol. The average Bonchev–Trinajstić information content (AvgIpc) is 3.74. The third-order valence-electron chi connectivity index (χ3n) is 5.20. The number of nitrogens with one attached hydrogen (secondary N) is 1. The van der Waals surface area contributed by atoms with Gasteiger partial charge in [-0.1, -0.05) is 6.07 Å². The van der Waals surface area contributed by atoms with Gasteiger partial charge in [0.25, 0.3) is 5.91 Å². The van der Waals surface area contributed by atoms with E-state index >= 15 is 0 Å². The van der Waals surface area contributed by atoms with Crippen LogP contribution in [0.15, 0.2) is 36.0 Å². The molecule has 33 heavy (non-hydrogen) atoms. The van der Waals surface area contributed by atoms with E-state index < -0.39 is 17.3 Å². The van der Waals surface area contributed by atoms with Gasteiger partial charge in [-0.05, 0) is 56.8 Å². The highest BCUT2D eigenvalue weighted by Crippen LogP contribution is 2.46.